The lowest BCUT2D eigenvalue weighted by atomic mass is 10.0. The standard InChI is InChI=1S/C28H30F2N2O4/c29-24-11-10-22(18-25(24)30)28(21-6-2-1-3-7-21)35-17-16-31-12-14-32(15-13-31)19-23-8-4-5-9-26(23)36-20-27(33)34/h1-11,18,28H,12-17,19-20H2,(H,33,34). The summed E-state index contributed by atoms with van der Waals surface area (Å²) in [5.41, 5.74) is 2.43. The first-order chi connectivity index (χ1) is 17.5. The maximum absolute atomic E-state index is 13.9. The molecule has 4 rings (SSSR count). The van der Waals surface area contributed by atoms with E-state index in [0.717, 1.165) is 49.9 Å². The number of halogens is 2. The number of benzene rings is 3. The van der Waals surface area contributed by atoms with Crippen LogP contribution in [-0.2, 0) is 16.1 Å². The lowest BCUT2D eigenvalue weighted by Crippen LogP contribution is -2.46. The number of hydrogen-bond donors (Lipinski definition) is 1. The van der Waals surface area contributed by atoms with E-state index in [1.807, 2.05) is 48.5 Å². The van der Waals surface area contributed by atoms with Crippen molar-refractivity contribution in [3.05, 3.63) is 101 Å². The van der Waals surface area contributed by atoms with Crippen molar-refractivity contribution in [2.24, 2.45) is 0 Å². The third-order valence-corrected chi connectivity index (χ3v) is 6.22. The first-order valence-corrected chi connectivity index (χ1v) is 12.0. The topological polar surface area (TPSA) is 62.2 Å². The molecule has 0 saturated carbocycles. The molecule has 1 fully saturated rings. The van der Waals surface area contributed by atoms with Gasteiger partial charge < -0.3 is 14.6 Å². The molecule has 1 saturated heterocycles. The molecule has 0 bridgehead atoms. The van der Waals surface area contributed by atoms with E-state index in [2.05, 4.69) is 9.80 Å². The number of aliphatic carboxylic acids is 1. The average molecular weight is 497 g/mol. The Kier molecular flexibility index (Phi) is 9.00. The van der Waals surface area contributed by atoms with Gasteiger partial charge in [0, 0.05) is 44.8 Å². The smallest absolute Gasteiger partial charge is 0.341 e. The number of carbonyl (C=O) groups is 1. The minimum Gasteiger partial charge on any atom is -0.482 e. The van der Waals surface area contributed by atoms with Crippen molar-refractivity contribution in [3.8, 4) is 5.75 Å². The molecule has 8 heteroatoms. The van der Waals surface area contributed by atoms with Crippen molar-refractivity contribution in [3.63, 3.8) is 0 Å². The van der Waals surface area contributed by atoms with Crippen molar-refractivity contribution in [2.45, 2.75) is 12.6 Å². The first kappa shape index (κ1) is 25.8. The molecule has 0 aromatic heterocycles. The lowest BCUT2D eigenvalue weighted by Gasteiger charge is -2.35. The predicted octanol–water partition coefficient (Wildman–Crippen LogP) is 4.35. The number of piperazine rings is 1. The SMILES string of the molecule is O=C(O)COc1ccccc1CN1CCN(CCOC(c2ccccc2)c2ccc(F)c(F)c2)CC1. The van der Waals surface area contributed by atoms with E-state index in [4.69, 9.17) is 14.6 Å². The Morgan fingerprint density at radius 2 is 1.56 bits per heavy atom. The Morgan fingerprint density at radius 1 is 0.861 bits per heavy atom. The van der Waals surface area contributed by atoms with Gasteiger partial charge in [-0.3, -0.25) is 9.80 Å². The van der Waals surface area contributed by atoms with Crippen molar-refractivity contribution in [1.29, 1.82) is 0 Å². The van der Waals surface area contributed by atoms with Gasteiger partial charge in [-0.1, -0.05) is 54.6 Å². The normalized spacial score (nSPS) is 15.5. The van der Waals surface area contributed by atoms with E-state index in [0.29, 0.717) is 24.5 Å². The van der Waals surface area contributed by atoms with E-state index in [-0.39, 0.29) is 6.61 Å². The van der Waals surface area contributed by atoms with E-state index in [9.17, 15) is 13.6 Å². The highest BCUT2D eigenvalue weighted by atomic mass is 19.2. The van der Waals surface area contributed by atoms with Crippen molar-refractivity contribution in [2.75, 3.05) is 45.9 Å². The summed E-state index contributed by atoms with van der Waals surface area (Å²) in [6.07, 6.45) is -0.482. The number of para-hydroxylation sites is 1. The highest BCUT2D eigenvalue weighted by molar-refractivity contribution is 5.68. The quantitative estimate of drug-likeness (QED) is 0.426. The molecule has 1 aliphatic heterocycles. The highest BCUT2D eigenvalue weighted by Crippen LogP contribution is 2.27. The fraction of sp³-hybridized carbons (Fsp3) is 0.321. The summed E-state index contributed by atoms with van der Waals surface area (Å²) in [6.45, 7) is 4.94. The summed E-state index contributed by atoms with van der Waals surface area (Å²) in [5.74, 6) is -2.16. The third kappa shape index (κ3) is 7.10. The summed E-state index contributed by atoms with van der Waals surface area (Å²) in [4.78, 5) is 15.5. The largest absolute Gasteiger partial charge is 0.482 e. The first-order valence-electron chi connectivity index (χ1n) is 12.0. The van der Waals surface area contributed by atoms with Gasteiger partial charge in [0.2, 0.25) is 0 Å². The molecule has 0 spiro atoms. The fourth-order valence-electron chi connectivity index (χ4n) is 4.31. The van der Waals surface area contributed by atoms with Gasteiger partial charge in [-0.25, -0.2) is 13.6 Å². The van der Waals surface area contributed by atoms with Gasteiger partial charge in [0.15, 0.2) is 18.2 Å². The van der Waals surface area contributed by atoms with Crippen LogP contribution in [0.4, 0.5) is 8.78 Å². The predicted molar refractivity (Wildman–Crippen MR) is 132 cm³/mol. The van der Waals surface area contributed by atoms with Gasteiger partial charge in [-0.2, -0.15) is 0 Å². The Bertz CT molecular complexity index is 1140. The van der Waals surface area contributed by atoms with Gasteiger partial charge in [-0.15, -0.1) is 0 Å². The van der Waals surface area contributed by atoms with E-state index in [1.165, 1.54) is 6.07 Å². The highest BCUT2D eigenvalue weighted by Gasteiger charge is 2.20. The zero-order valence-electron chi connectivity index (χ0n) is 20.0. The van der Waals surface area contributed by atoms with Crippen LogP contribution in [0.5, 0.6) is 5.75 Å². The molecular formula is C28H30F2N2O4. The molecule has 1 aliphatic rings. The van der Waals surface area contributed by atoms with Crippen LogP contribution in [0, 0.1) is 11.6 Å². The molecule has 36 heavy (non-hydrogen) atoms. The Morgan fingerprint density at radius 3 is 2.28 bits per heavy atom. The molecule has 6 nitrogen and oxygen atoms in total. The maximum Gasteiger partial charge on any atom is 0.341 e. The van der Waals surface area contributed by atoms with Gasteiger partial charge >= 0.3 is 5.97 Å². The second-order valence-electron chi connectivity index (χ2n) is 8.74. The zero-order valence-corrected chi connectivity index (χ0v) is 20.0. The number of rotatable bonds is 11. The molecule has 0 aliphatic carbocycles. The molecule has 0 amide bonds. The zero-order chi connectivity index (χ0) is 25.3. The van der Waals surface area contributed by atoms with Crippen LogP contribution in [0.3, 0.4) is 0 Å². The number of ether oxygens (including phenoxy) is 2. The lowest BCUT2D eigenvalue weighted by molar-refractivity contribution is -0.139. The Balaban J connectivity index is 1.29. The van der Waals surface area contributed by atoms with E-state index >= 15 is 0 Å². The van der Waals surface area contributed by atoms with Gasteiger partial charge in [-0.05, 0) is 29.3 Å². The van der Waals surface area contributed by atoms with Crippen LogP contribution in [0.2, 0.25) is 0 Å². The third-order valence-electron chi connectivity index (χ3n) is 6.22. The van der Waals surface area contributed by atoms with Crippen molar-refractivity contribution >= 4 is 5.97 Å². The fourth-order valence-corrected chi connectivity index (χ4v) is 4.31. The van der Waals surface area contributed by atoms with Crippen LogP contribution in [-0.4, -0.2) is 66.8 Å². The number of hydrogen-bond acceptors (Lipinski definition) is 5. The maximum atomic E-state index is 13.9. The number of nitrogens with zero attached hydrogens (tertiary/aromatic N) is 2. The summed E-state index contributed by atoms with van der Waals surface area (Å²) in [5, 5.41) is 8.89. The van der Waals surface area contributed by atoms with Gasteiger partial charge in [0.1, 0.15) is 11.9 Å². The molecular weight excluding hydrogens is 466 g/mol. The van der Waals surface area contributed by atoms with E-state index < -0.39 is 23.7 Å². The van der Waals surface area contributed by atoms with Crippen LogP contribution in [0.25, 0.3) is 0 Å². The van der Waals surface area contributed by atoms with Crippen LogP contribution < -0.4 is 4.74 Å². The molecule has 1 heterocycles. The van der Waals surface area contributed by atoms with Crippen molar-refractivity contribution < 1.29 is 28.2 Å². The molecule has 1 N–H and O–H groups in total. The van der Waals surface area contributed by atoms with Gasteiger partial charge in [0.25, 0.3) is 0 Å². The minimum absolute atomic E-state index is 0.362. The minimum atomic E-state index is -1.00. The number of carboxylic acids is 1. The van der Waals surface area contributed by atoms with Crippen LogP contribution in [0.15, 0.2) is 72.8 Å². The average Bonchev–Trinajstić information content (AvgIpc) is 2.89. The summed E-state index contributed by atoms with van der Waals surface area (Å²) < 4.78 is 39.0. The van der Waals surface area contributed by atoms with E-state index in [1.54, 1.807) is 12.1 Å². The molecule has 1 unspecified atom stereocenters. The molecule has 3 aromatic rings. The molecule has 190 valence electrons. The molecule has 3 aromatic carbocycles. The Labute approximate surface area is 209 Å². The number of carboxylic acid groups (broad SMARTS) is 1. The summed E-state index contributed by atoms with van der Waals surface area (Å²) in [6, 6.07) is 20.9. The second kappa shape index (κ2) is 12.6. The van der Waals surface area contributed by atoms with Crippen LogP contribution in [0.1, 0.15) is 22.8 Å². The summed E-state index contributed by atoms with van der Waals surface area (Å²) in [7, 11) is 0. The van der Waals surface area contributed by atoms with Gasteiger partial charge in [0.05, 0.1) is 6.61 Å². The molecule has 1 atom stereocenters. The summed E-state index contributed by atoms with van der Waals surface area (Å²) >= 11 is 0. The van der Waals surface area contributed by atoms with Crippen molar-refractivity contribution in [1.82, 2.24) is 9.80 Å². The monoisotopic (exact) mass is 496 g/mol. The molecule has 0 radical (unpaired) electrons. The van der Waals surface area contributed by atoms with Crippen LogP contribution >= 0.6 is 0 Å². The second-order valence-corrected chi connectivity index (χ2v) is 8.74. The Hall–Kier alpha value is -3.33.